The fraction of sp³-hybridized carbons (Fsp3) is 0.353. The summed E-state index contributed by atoms with van der Waals surface area (Å²) >= 11 is 1.76. The lowest BCUT2D eigenvalue weighted by Gasteiger charge is -2.28. The molecule has 4 rings (SSSR count). The largest absolute Gasteiger partial charge is 0.353 e. The van der Waals surface area contributed by atoms with Gasteiger partial charge in [0.25, 0.3) is 5.91 Å². The third-order valence-electron chi connectivity index (χ3n) is 4.63. The van der Waals surface area contributed by atoms with Gasteiger partial charge in [-0.3, -0.25) is 4.79 Å². The molecule has 0 fully saturated rings. The molecule has 0 spiro atoms. The van der Waals surface area contributed by atoms with Crippen molar-refractivity contribution in [2.24, 2.45) is 0 Å². The number of thiophene rings is 1. The highest BCUT2D eigenvalue weighted by molar-refractivity contribution is 7.16. The van der Waals surface area contributed by atoms with Crippen LogP contribution in [0, 0.1) is 6.92 Å². The van der Waals surface area contributed by atoms with Gasteiger partial charge in [-0.2, -0.15) is 0 Å². The smallest absolute Gasteiger partial charge is 0.256 e. The van der Waals surface area contributed by atoms with Crippen LogP contribution in [-0.4, -0.2) is 19.5 Å². The molecule has 1 unspecified atom stereocenters. The summed E-state index contributed by atoms with van der Waals surface area (Å²) < 4.78 is 0. The maximum atomic E-state index is 12.6. The minimum atomic E-state index is -0.133. The highest BCUT2D eigenvalue weighted by Gasteiger charge is 2.34. The van der Waals surface area contributed by atoms with E-state index in [0.717, 1.165) is 35.6 Å². The molecule has 114 valence electrons. The fourth-order valence-electron chi connectivity index (χ4n) is 3.40. The lowest BCUT2D eigenvalue weighted by Crippen LogP contribution is -3.08. The number of benzene rings is 1. The van der Waals surface area contributed by atoms with E-state index in [4.69, 9.17) is 0 Å². The summed E-state index contributed by atoms with van der Waals surface area (Å²) in [5.41, 5.74) is 4.47. The number of carbonyl (C=O) groups excluding carboxylic acids is 1. The van der Waals surface area contributed by atoms with Gasteiger partial charge in [0.1, 0.15) is 17.7 Å². The lowest BCUT2D eigenvalue weighted by atomic mass is 9.99. The van der Waals surface area contributed by atoms with Crippen LogP contribution in [0.3, 0.4) is 0 Å². The second kappa shape index (κ2) is 5.11. The summed E-state index contributed by atoms with van der Waals surface area (Å²) in [6.07, 6.45) is 0.864. The number of fused-ring (bicyclic) bond motifs is 3. The number of anilines is 1. The number of rotatable bonds is 1. The average molecular weight is 314 g/mol. The molecule has 4 nitrogen and oxygen atoms in total. The normalized spacial score (nSPS) is 23.3. The van der Waals surface area contributed by atoms with E-state index < -0.39 is 0 Å². The minimum absolute atomic E-state index is 0.0686. The van der Waals surface area contributed by atoms with Crippen molar-refractivity contribution in [2.45, 2.75) is 26.1 Å². The summed E-state index contributed by atoms with van der Waals surface area (Å²) in [7, 11) is 2.21. The summed E-state index contributed by atoms with van der Waals surface area (Å²) in [6.45, 7) is 4.21. The maximum absolute atomic E-state index is 12.6. The van der Waals surface area contributed by atoms with Crippen molar-refractivity contribution in [3.05, 3.63) is 51.4 Å². The number of carbonyl (C=O) groups is 1. The van der Waals surface area contributed by atoms with Crippen LogP contribution in [0.2, 0.25) is 0 Å². The molecule has 3 heterocycles. The molecule has 1 aromatic heterocycles. The zero-order valence-electron chi connectivity index (χ0n) is 12.8. The monoisotopic (exact) mass is 314 g/mol. The molecule has 0 saturated heterocycles. The van der Waals surface area contributed by atoms with Gasteiger partial charge in [-0.05, 0) is 23.6 Å². The van der Waals surface area contributed by atoms with Crippen molar-refractivity contribution in [3.63, 3.8) is 0 Å². The summed E-state index contributed by atoms with van der Waals surface area (Å²) in [6, 6.07) is 8.20. The number of likely N-dealkylation sites (N-methyl/N-ethyl adjacent to an activating group) is 1. The van der Waals surface area contributed by atoms with Gasteiger partial charge < -0.3 is 15.5 Å². The molecule has 0 bridgehead atoms. The van der Waals surface area contributed by atoms with Crippen LogP contribution in [0.15, 0.2) is 24.3 Å². The van der Waals surface area contributed by atoms with E-state index in [1.54, 1.807) is 11.3 Å². The minimum Gasteiger partial charge on any atom is -0.353 e. The summed E-state index contributed by atoms with van der Waals surface area (Å²) in [5, 5.41) is 7.70. The number of amides is 1. The van der Waals surface area contributed by atoms with Crippen molar-refractivity contribution in [2.75, 3.05) is 18.9 Å². The topological polar surface area (TPSA) is 45.6 Å². The Morgan fingerprint density at radius 3 is 2.91 bits per heavy atom. The Hall–Kier alpha value is -1.85. The van der Waals surface area contributed by atoms with E-state index in [0.29, 0.717) is 0 Å². The summed E-state index contributed by atoms with van der Waals surface area (Å²) in [4.78, 5) is 15.5. The Labute approximate surface area is 134 Å². The number of nitrogens with one attached hydrogen (secondary N) is 3. The van der Waals surface area contributed by atoms with E-state index in [2.05, 4.69) is 36.7 Å². The van der Waals surface area contributed by atoms with Crippen molar-refractivity contribution >= 4 is 22.2 Å². The van der Waals surface area contributed by atoms with Crippen LogP contribution in [0.25, 0.3) is 0 Å². The van der Waals surface area contributed by atoms with Gasteiger partial charge in [-0.1, -0.05) is 24.3 Å². The molecule has 0 aliphatic carbocycles. The Bertz CT molecular complexity index is 752. The molecular weight excluding hydrogens is 294 g/mol. The average Bonchev–Trinajstić information content (AvgIpc) is 2.85. The van der Waals surface area contributed by atoms with Crippen molar-refractivity contribution in [1.82, 2.24) is 5.32 Å². The molecule has 2 atom stereocenters. The first-order chi connectivity index (χ1) is 10.6. The molecule has 2 aliphatic rings. The molecule has 3 N–H and O–H groups in total. The van der Waals surface area contributed by atoms with Crippen LogP contribution < -0.4 is 15.5 Å². The number of hydrogen-bond donors (Lipinski definition) is 3. The number of hydrogen-bond acceptors (Lipinski definition) is 3. The molecule has 0 radical (unpaired) electrons. The Balaban J connectivity index is 1.73. The maximum Gasteiger partial charge on any atom is 0.256 e. The van der Waals surface area contributed by atoms with Gasteiger partial charge in [0, 0.05) is 6.42 Å². The van der Waals surface area contributed by atoms with Gasteiger partial charge >= 0.3 is 0 Å². The highest BCUT2D eigenvalue weighted by Crippen LogP contribution is 2.39. The van der Waals surface area contributed by atoms with Crippen LogP contribution >= 0.6 is 11.3 Å². The van der Waals surface area contributed by atoms with Crippen molar-refractivity contribution in [1.29, 1.82) is 0 Å². The van der Waals surface area contributed by atoms with E-state index in [1.807, 2.05) is 12.1 Å². The standard InChI is InChI=1S/C17H19N3OS/c1-10-5-3-4-6-11(10)15-18-16(21)14-12-7-8-20(2)9-13(12)22-17(14)19-15/h3-6,15,19H,7-9H2,1-2H3,(H,18,21)/p+1/t15-/m0/s1. The van der Waals surface area contributed by atoms with E-state index in [-0.39, 0.29) is 12.1 Å². The van der Waals surface area contributed by atoms with Crippen LogP contribution in [-0.2, 0) is 13.0 Å². The number of aryl methyl sites for hydroxylation is 1. The number of quaternary nitrogens is 1. The van der Waals surface area contributed by atoms with Gasteiger partial charge in [-0.15, -0.1) is 11.3 Å². The molecule has 2 aromatic rings. The Kier molecular flexibility index (Phi) is 3.20. The molecular formula is C17H20N3OS+. The van der Waals surface area contributed by atoms with Crippen LogP contribution in [0.5, 0.6) is 0 Å². The second-order valence-electron chi connectivity index (χ2n) is 6.25. The predicted octanol–water partition coefficient (Wildman–Crippen LogP) is 1.48. The molecule has 5 heteroatoms. The second-order valence-corrected chi connectivity index (χ2v) is 7.35. The van der Waals surface area contributed by atoms with Gasteiger partial charge in [0.2, 0.25) is 0 Å². The van der Waals surface area contributed by atoms with Gasteiger partial charge in [-0.25, -0.2) is 0 Å². The van der Waals surface area contributed by atoms with E-state index in [1.165, 1.54) is 20.9 Å². The Morgan fingerprint density at radius 1 is 1.27 bits per heavy atom. The zero-order valence-corrected chi connectivity index (χ0v) is 13.6. The molecule has 1 aromatic carbocycles. The summed E-state index contributed by atoms with van der Waals surface area (Å²) in [5.74, 6) is 0.0686. The third kappa shape index (κ3) is 2.12. The first-order valence-electron chi connectivity index (χ1n) is 7.72. The van der Waals surface area contributed by atoms with E-state index in [9.17, 15) is 4.79 Å². The first-order valence-corrected chi connectivity index (χ1v) is 8.54. The quantitative estimate of drug-likeness (QED) is 0.747. The molecule has 1 amide bonds. The SMILES string of the molecule is Cc1ccccc1[C@H]1NC(=O)c2c(sc3c2CC[NH+](C)C3)N1. The highest BCUT2D eigenvalue weighted by atomic mass is 32.1. The molecule has 0 saturated carbocycles. The molecule has 2 aliphatic heterocycles. The lowest BCUT2D eigenvalue weighted by molar-refractivity contribution is -0.895. The zero-order chi connectivity index (χ0) is 15.3. The fourth-order valence-corrected chi connectivity index (χ4v) is 4.79. The van der Waals surface area contributed by atoms with Gasteiger partial charge in [0.15, 0.2) is 0 Å². The van der Waals surface area contributed by atoms with Crippen molar-refractivity contribution < 1.29 is 9.69 Å². The van der Waals surface area contributed by atoms with Crippen LogP contribution in [0.4, 0.5) is 5.00 Å². The van der Waals surface area contributed by atoms with Crippen LogP contribution in [0.1, 0.15) is 38.1 Å². The van der Waals surface area contributed by atoms with Crippen molar-refractivity contribution in [3.8, 4) is 0 Å². The first kappa shape index (κ1) is 13.8. The predicted molar refractivity (Wildman–Crippen MR) is 88.5 cm³/mol. The van der Waals surface area contributed by atoms with Gasteiger partial charge in [0.05, 0.1) is 24.0 Å². The third-order valence-corrected chi connectivity index (χ3v) is 5.80. The molecule has 22 heavy (non-hydrogen) atoms. The van der Waals surface area contributed by atoms with E-state index >= 15 is 0 Å². The Morgan fingerprint density at radius 2 is 2.09 bits per heavy atom.